The molecule has 1 aromatic rings. The average molecular weight is 258 g/mol. The minimum Gasteiger partial charge on any atom is -0.383 e. The first-order valence-corrected chi connectivity index (χ1v) is 6.57. The quantitative estimate of drug-likeness (QED) is 0.897. The molecule has 5 heteroatoms. The van der Waals surface area contributed by atoms with E-state index in [1.807, 2.05) is 7.05 Å². The van der Waals surface area contributed by atoms with Gasteiger partial charge in [-0.1, -0.05) is 18.5 Å². The summed E-state index contributed by atoms with van der Waals surface area (Å²) in [4.78, 5) is 2.39. The van der Waals surface area contributed by atoms with Crippen molar-refractivity contribution >= 4 is 11.6 Å². The lowest BCUT2D eigenvalue weighted by Crippen LogP contribution is -2.43. The monoisotopic (exact) mass is 257 g/mol. The van der Waals surface area contributed by atoms with Crippen LogP contribution in [0.4, 0.5) is 0 Å². The predicted octanol–water partition coefficient (Wildman–Crippen LogP) is 1.77. The lowest BCUT2D eigenvalue weighted by atomic mass is 9.88. The van der Waals surface area contributed by atoms with E-state index in [1.54, 1.807) is 10.9 Å². The lowest BCUT2D eigenvalue weighted by molar-refractivity contribution is -0.0318. The van der Waals surface area contributed by atoms with Gasteiger partial charge in [-0.2, -0.15) is 5.10 Å². The van der Waals surface area contributed by atoms with E-state index in [1.165, 1.54) is 0 Å². The topological polar surface area (TPSA) is 41.3 Å². The fraction of sp³-hybridized carbons (Fsp3) is 0.750. The van der Waals surface area contributed by atoms with Crippen molar-refractivity contribution in [1.82, 2.24) is 14.7 Å². The molecule has 96 valence electrons. The van der Waals surface area contributed by atoms with Crippen LogP contribution < -0.4 is 0 Å². The molecule has 0 atom stereocenters. The van der Waals surface area contributed by atoms with Crippen LogP contribution in [-0.2, 0) is 12.6 Å². The standard InChI is InChI=1S/C12H20ClN3O/c1-3-6-16-7-4-12(17,5-8-16)11-10(13)9-14-15(11)2/h9,17H,3-8H2,1-2H3. The number of aromatic nitrogens is 2. The molecule has 0 aromatic carbocycles. The third-order valence-electron chi connectivity index (χ3n) is 3.56. The highest BCUT2D eigenvalue weighted by Gasteiger charge is 2.37. The van der Waals surface area contributed by atoms with Gasteiger partial charge in [-0.15, -0.1) is 0 Å². The molecule has 1 fully saturated rings. The van der Waals surface area contributed by atoms with E-state index < -0.39 is 5.60 Å². The van der Waals surface area contributed by atoms with Gasteiger partial charge in [0.2, 0.25) is 0 Å². The number of piperidine rings is 1. The van der Waals surface area contributed by atoms with E-state index >= 15 is 0 Å². The zero-order chi connectivity index (χ0) is 12.5. The van der Waals surface area contributed by atoms with Crippen molar-refractivity contribution in [2.75, 3.05) is 19.6 Å². The Hall–Kier alpha value is -0.580. The van der Waals surface area contributed by atoms with Gasteiger partial charge in [-0.25, -0.2) is 0 Å². The molecule has 17 heavy (non-hydrogen) atoms. The molecule has 0 aliphatic carbocycles. The summed E-state index contributed by atoms with van der Waals surface area (Å²) in [5.74, 6) is 0. The highest BCUT2D eigenvalue weighted by atomic mass is 35.5. The molecule has 1 aromatic heterocycles. The van der Waals surface area contributed by atoms with Crippen LogP contribution in [-0.4, -0.2) is 39.4 Å². The molecule has 0 amide bonds. The van der Waals surface area contributed by atoms with Crippen LogP contribution in [0, 0.1) is 0 Å². The van der Waals surface area contributed by atoms with Crippen molar-refractivity contribution in [3.05, 3.63) is 16.9 Å². The van der Waals surface area contributed by atoms with E-state index in [9.17, 15) is 5.11 Å². The summed E-state index contributed by atoms with van der Waals surface area (Å²) in [6.07, 6.45) is 4.22. The van der Waals surface area contributed by atoms with Crippen molar-refractivity contribution in [3.8, 4) is 0 Å². The SMILES string of the molecule is CCCN1CCC(O)(c2c(Cl)cnn2C)CC1. The van der Waals surface area contributed by atoms with E-state index in [2.05, 4.69) is 16.9 Å². The Morgan fingerprint density at radius 3 is 2.59 bits per heavy atom. The summed E-state index contributed by atoms with van der Waals surface area (Å²) in [6.45, 7) is 5.13. The normalized spacial score (nSPS) is 20.7. The zero-order valence-electron chi connectivity index (χ0n) is 10.5. The molecule has 0 spiro atoms. The second-order valence-electron chi connectivity index (χ2n) is 4.84. The number of aryl methyl sites for hydroxylation is 1. The van der Waals surface area contributed by atoms with Gasteiger partial charge in [0.1, 0.15) is 5.60 Å². The molecule has 1 aliphatic rings. The van der Waals surface area contributed by atoms with Gasteiger partial charge in [0, 0.05) is 20.1 Å². The molecule has 1 saturated heterocycles. The summed E-state index contributed by atoms with van der Waals surface area (Å²) >= 11 is 6.11. The molecule has 0 bridgehead atoms. The Balaban J connectivity index is 2.12. The van der Waals surface area contributed by atoms with Crippen molar-refractivity contribution in [2.45, 2.75) is 31.8 Å². The highest BCUT2D eigenvalue weighted by Crippen LogP contribution is 2.36. The van der Waals surface area contributed by atoms with Gasteiger partial charge in [-0.05, 0) is 25.8 Å². The second-order valence-corrected chi connectivity index (χ2v) is 5.25. The minimum atomic E-state index is -0.813. The number of hydrogen-bond donors (Lipinski definition) is 1. The van der Waals surface area contributed by atoms with Crippen molar-refractivity contribution in [2.24, 2.45) is 7.05 Å². The van der Waals surface area contributed by atoms with E-state index in [4.69, 9.17) is 11.6 Å². The number of likely N-dealkylation sites (tertiary alicyclic amines) is 1. The van der Waals surface area contributed by atoms with Crippen LogP contribution in [0.3, 0.4) is 0 Å². The average Bonchev–Trinajstić information content (AvgIpc) is 2.63. The van der Waals surface area contributed by atoms with Crippen LogP contribution in [0.15, 0.2) is 6.20 Å². The second kappa shape index (κ2) is 4.96. The fourth-order valence-electron chi connectivity index (χ4n) is 2.63. The predicted molar refractivity (Wildman–Crippen MR) is 68.1 cm³/mol. The maximum Gasteiger partial charge on any atom is 0.110 e. The number of hydrogen-bond acceptors (Lipinski definition) is 3. The van der Waals surface area contributed by atoms with E-state index in [-0.39, 0.29) is 0 Å². The van der Waals surface area contributed by atoms with Crippen molar-refractivity contribution < 1.29 is 5.11 Å². The summed E-state index contributed by atoms with van der Waals surface area (Å²) < 4.78 is 1.69. The highest BCUT2D eigenvalue weighted by molar-refractivity contribution is 6.31. The van der Waals surface area contributed by atoms with E-state index in [0.29, 0.717) is 5.02 Å². The van der Waals surface area contributed by atoms with Gasteiger partial charge in [-0.3, -0.25) is 4.68 Å². The van der Waals surface area contributed by atoms with Crippen molar-refractivity contribution in [3.63, 3.8) is 0 Å². The number of aliphatic hydroxyl groups is 1. The van der Waals surface area contributed by atoms with Crippen LogP contribution in [0.5, 0.6) is 0 Å². The molecule has 1 N–H and O–H groups in total. The van der Waals surface area contributed by atoms with Crippen LogP contribution in [0.2, 0.25) is 5.02 Å². The first kappa shape index (κ1) is 12.9. The third-order valence-corrected chi connectivity index (χ3v) is 3.83. The van der Waals surface area contributed by atoms with Gasteiger partial charge in [0.05, 0.1) is 16.9 Å². The number of rotatable bonds is 3. The van der Waals surface area contributed by atoms with Crippen LogP contribution in [0.1, 0.15) is 31.9 Å². The Bertz CT molecular complexity index is 364. The van der Waals surface area contributed by atoms with Crippen LogP contribution >= 0.6 is 11.6 Å². The lowest BCUT2D eigenvalue weighted by Gasteiger charge is -2.38. The Labute approximate surface area is 107 Å². The molecule has 1 aliphatic heterocycles. The number of halogens is 1. The minimum absolute atomic E-state index is 0.568. The summed E-state index contributed by atoms with van der Waals surface area (Å²) in [5.41, 5.74) is -0.0534. The molecule has 0 unspecified atom stereocenters. The van der Waals surface area contributed by atoms with Crippen molar-refractivity contribution in [1.29, 1.82) is 0 Å². The first-order chi connectivity index (χ1) is 8.07. The zero-order valence-corrected chi connectivity index (χ0v) is 11.2. The van der Waals surface area contributed by atoms with E-state index in [0.717, 1.165) is 44.6 Å². The maximum absolute atomic E-state index is 10.7. The molecule has 0 radical (unpaired) electrons. The van der Waals surface area contributed by atoms with Gasteiger partial charge in [0.15, 0.2) is 0 Å². The molecular formula is C12H20ClN3O. The molecule has 4 nitrogen and oxygen atoms in total. The largest absolute Gasteiger partial charge is 0.383 e. The smallest absolute Gasteiger partial charge is 0.110 e. The molecular weight excluding hydrogens is 238 g/mol. The summed E-state index contributed by atoms with van der Waals surface area (Å²) in [7, 11) is 1.83. The fourth-order valence-corrected chi connectivity index (χ4v) is 2.98. The summed E-state index contributed by atoms with van der Waals surface area (Å²) in [5, 5.41) is 15.4. The van der Waals surface area contributed by atoms with Gasteiger partial charge in [0.25, 0.3) is 0 Å². The Morgan fingerprint density at radius 2 is 2.12 bits per heavy atom. The maximum atomic E-state index is 10.7. The van der Waals surface area contributed by atoms with Gasteiger partial charge >= 0.3 is 0 Å². The molecule has 0 saturated carbocycles. The summed E-state index contributed by atoms with van der Waals surface area (Å²) in [6, 6.07) is 0. The number of nitrogens with zero attached hydrogens (tertiary/aromatic N) is 3. The third kappa shape index (κ3) is 2.49. The molecule has 2 rings (SSSR count). The van der Waals surface area contributed by atoms with Gasteiger partial charge < -0.3 is 10.0 Å². The first-order valence-electron chi connectivity index (χ1n) is 6.19. The Morgan fingerprint density at radius 1 is 1.47 bits per heavy atom. The molecule has 2 heterocycles. The van der Waals surface area contributed by atoms with Crippen LogP contribution in [0.25, 0.3) is 0 Å². The Kier molecular flexibility index (Phi) is 3.76.